The third-order valence-electron chi connectivity index (χ3n) is 5.44. The Morgan fingerprint density at radius 3 is 3.10 bits per heavy atom. The highest BCUT2D eigenvalue weighted by atomic mass is 16.5. The molecule has 3 saturated heterocycles. The Hall–Kier alpha value is -0.160. The van der Waals surface area contributed by atoms with E-state index in [2.05, 4.69) is 24.1 Å². The van der Waals surface area contributed by atoms with Crippen molar-refractivity contribution < 1.29 is 9.47 Å². The summed E-state index contributed by atoms with van der Waals surface area (Å²) in [6.07, 6.45) is 6.41. The number of hydrogen-bond acceptors (Lipinski definition) is 4. The van der Waals surface area contributed by atoms with Gasteiger partial charge in [0, 0.05) is 31.8 Å². The maximum absolute atomic E-state index is 6.03. The second-order valence-electron chi connectivity index (χ2n) is 7.00. The first-order valence-electron chi connectivity index (χ1n) is 8.41. The molecule has 4 nitrogen and oxygen atoms in total. The first-order chi connectivity index (χ1) is 9.68. The van der Waals surface area contributed by atoms with Crippen molar-refractivity contribution in [2.24, 2.45) is 0 Å². The molecule has 20 heavy (non-hydrogen) atoms. The molecule has 4 unspecified atom stereocenters. The van der Waals surface area contributed by atoms with Crippen molar-refractivity contribution in [3.05, 3.63) is 0 Å². The van der Waals surface area contributed by atoms with Gasteiger partial charge in [-0.15, -0.1) is 0 Å². The van der Waals surface area contributed by atoms with Crippen molar-refractivity contribution in [1.82, 2.24) is 10.2 Å². The first kappa shape index (κ1) is 14.8. The fraction of sp³-hybridized carbons (Fsp3) is 1.00. The number of nitrogens with one attached hydrogen (secondary N) is 1. The minimum absolute atomic E-state index is 0.0728. The number of fused-ring (bicyclic) bond motifs is 1. The fourth-order valence-corrected chi connectivity index (χ4v) is 3.86. The molecule has 3 aliphatic heterocycles. The first-order valence-corrected chi connectivity index (χ1v) is 8.41. The molecule has 0 spiro atoms. The summed E-state index contributed by atoms with van der Waals surface area (Å²) < 4.78 is 11.9. The van der Waals surface area contributed by atoms with Gasteiger partial charge in [-0.25, -0.2) is 0 Å². The molecule has 0 aromatic carbocycles. The summed E-state index contributed by atoms with van der Waals surface area (Å²) in [4.78, 5) is 2.62. The van der Waals surface area contributed by atoms with Gasteiger partial charge in [0.2, 0.25) is 0 Å². The zero-order valence-corrected chi connectivity index (χ0v) is 13.1. The lowest BCUT2D eigenvalue weighted by atomic mass is 9.90. The molecule has 0 aliphatic carbocycles. The summed E-state index contributed by atoms with van der Waals surface area (Å²) in [5.74, 6) is 0. The van der Waals surface area contributed by atoms with Crippen LogP contribution in [0.3, 0.4) is 0 Å². The fourth-order valence-electron chi connectivity index (χ4n) is 3.86. The van der Waals surface area contributed by atoms with E-state index >= 15 is 0 Å². The van der Waals surface area contributed by atoms with E-state index in [4.69, 9.17) is 9.47 Å². The maximum atomic E-state index is 6.03. The van der Waals surface area contributed by atoms with Crippen molar-refractivity contribution >= 4 is 0 Å². The van der Waals surface area contributed by atoms with E-state index in [1.165, 1.54) is 19.4 Å². The van der Waals surface area contributed by atoms with Crippen LogP contribution in [0.4, 0.5) is 0 Å². The third kappa shape index (κ3) is 3.35. The summed E-state index contributed by atoms with van der Waals surface area (Å²) in [7, 11) is 0. The highest BCUT2D eigenvalue weighted by Gasteiger charge is 2.34. The summed E-state index contributed by atoms with van der Waals surface area (Å²) >= 11 is 0. The minimum atomic E-state index is 0.0728. The van der Waals surface area contributed by atoms with E-state index in [1.54, 1.807) is 0 Å². The summed E-state index contributed by atoms with van der Waals surface area (Å²) in [5, 5.41) is 3.73. The molecule has 0 bridgehead atoms. The van der Waals surface area contributed by atoms with Gasteiger partial charge >= 0.3 is 0 Å². The van der Waals surface area contributed by atoms with Crippen molar-refractivity contribution in [3.8, 4) is 0 Å². The van der Waals surface area contributed by atoms with Gasteiger partial charge in [0.05, 0.1) is 18.3 Å². The highest BCUT2D eigenvalue weighted by Crippen LogP contribution is 2.28. The zero-order valence-electron chi connectivity index (χ0n) is 13.1. The molecule has 3 fully saturated rings. The van der Waals surface area contributed by atoms with Crippen LogP contribution in [-0.4, -0.2) is 61.5 Å². The Labute approximate surface area is 123 Å². The Bertz CT molecular complexity index is 326. The van der Waals surface area contributed by atoms with Crippen molar-refractivity contribution in [2.75, 3.05) is 32.8 Å². The van der Waals surface area contributed by atoms with E-state index in [-0.39, 0.29) is 5.60 Å². The van der Waals surface area contributed by atoms with Crippen LogP contribution in [0, 0.1) is 0 Å². The standard InChI is InChI=1S/C16H30N2O2/c1-3-16(2)9-13(6-8-20-16)17-10-15-11-18-7-4-5-14(18)12-19-15/h13-15,17H,3-12H2,1-2H3. The van der Waals surface area contributed by atoms with Gasteiger partial charge in [-0.05, 0) is 45.6 Å². The average Bonchev–Trinajstić information content (AvgIpc) is 2.93. The molecule has 0 aromatic heterocycles. The van der Waals surface area contributed by atoms with Crippen LogP contribution in [-0.2, 0) is 9.47 Å². The minimum Gasteiger partial charge on any atom is -0.375 e. The summed E-state index contributed by atoms with van der Waals surface area (Å²) in [6, 6.07) is 1.30. The van der Waals surface area contributed by atoms with Gasteiger partial charge in [0.25, 0.3) is 0 Å². The summed E-state index contributed by atoms with van der Waals surface area (Å²) in [5.41, 5.74) is 0.0728. The normalized spacial score (nSPS) is 42.6. The van der Waals surface area contributed by atoms with Gasteiger partial charge in [0.1, 0.15) is 0 Å². The van der Waals surface area contributed by atoms with Crippen LogP contribution in [0.2, 0.25) is 0 Å². The van der Waals surface area contributed by atoms with E-state index in [1.807, 2.05) is 0 Å². The molecule has 0 amide bonds. The molecular weight excluding hydrogens is 252 g/mol. The molecule has 3 rings (SSSR count). The predicted octanol–water partition coefficient (Wildman–Crippen LogP) is 1.79. The predicted molar refractivity (Wildman–Crippen MR) is 80.0 cm³/mol. The van der Waals surface area contributed by atoms with Crippen LogP contribution >= 0.6 is 0 Å². The average molecular weight is 282 g/mol. The molecule has 4 atom stereocenters. The molecule has 3 aliphatic rings. The van der Waals surface area contributed by atoms with Crippen molar-refractivity contribution in [3.63, 3.8) is 0 Å². The highest BCUT2D eigenvalue weighted by molar-refractivity contribution is 4.89. The second-order valence-corrected chi connectivity index (χ2v) is 7.00. The van der Waals surface area contributed by atoms with Gasteiger partial charge in [0.15, 0.2) is 0 Å². The molecule has 1 N–H and O–H groups in total. The van der Waals surface area contributed by atoms with Crippen LogP contribution in [0.25, 0.3) is 0 Å². The van der Waals surface area contributed by atoms with Gasteiger partial charge in [-0.1, -0.05) is 6.92 Å². The monoisotopic (exact) mass is 282 g/mol. The van der Waals surface area contributed by atoms with E-state index in [0.29, 0.717) is 18.2 Å². The van der Waals surface area contributed by atoms with Crippen molar-refractivity contribution in [2.45, 2.75) is 69.7 Å². The smallest absolute Gasteiger partial charge is 0.0827 e. The molecule has 0 saturated carbocycles. The van der Waals surface area contributed by atoms with Gasteiger partial charge in [-0.2, -0.15) is 0 Å². The molecule has 0 aromatic rings. The largest absolute Gasteiger partial charge is 0.375 e. The zero-order chi connectivity index (χ0) is 14.0. The topological polar surface area (TPSA) is 33.7 Å². The lowest BCUT2D eigenvalue weighted by molar-refractivity contribution is -0.0831. The maximum Gasteiger partial charge on any atom is 0.0827 e. The quantitative estimate of drug-likeness (QED) is 0.852. The van der Waals surface area contributed by atoms with Crippen LogP contribution in [0.5, 0.6) is 0 Å². The van der Waals surface area contributed by atoms with E-state index < -0.39 is 0 Å². The Balaban J connectivity index is 1.43. The van der Waals surface area contributed by atoms with Crippen LogP contribution in [0.1, 0.15) is 46.0 Å². The molecule has 116 valence electrons. The summed E-state index contributed by atoms with van der Waals surface area (Å²) in [6.45, 7) is 9.68. The van der Waals surface area contributed by atoms with Crippen molar-refractivity contribution in [1.29, 1.82) is 0 Å². The molecule has 4 heteroatoms. The lowest BCUT2D eigenvalue weighted by Crippen LogP contribution is -2.52. The van der Waals surface area contributed by atoms with Gasteiger partial charge < -0.3 is 14.8 Å². The SMILES string of the molecule is CCC1(C)CC(NCC2CN3CCCC3CO2)CCO1. The number of morpholine rings is 1. The van der Waals surface area contributed by atoms with Crippen LogP contribution < -0.4 is 5.32 Å². The second kappa shape index (κ2) is 6.30. The number of hydrogen-bond donors (Lipinski definition) is 1. The third-order valence-corrected chi connectivity index (χ3v) is 5.44. The Morgan fingerprint density at radius 2 is 2.25 bits per heavy atom. The number of rotatable bonds is 4. The lowest BCUT2D eigenvalue weighted by Gasteiger charge is -2.40. The number of nitrogens with zero attached hydrogens (tertiary/aromatic N) is 1. The number of ether oxygens (including phenoxy) is 2. The Kier molecular flexibility index (Phi) is 4.65. The molecule has 3 heterocycles. The van der Waals surface area contributed by atoms with Gasteiger partial charge in [-0.3, -0.25) is 4.90 Å². The van der Waals surface area contributed by atoms with E-state index in [9.17, 15) is 0 Å². The Morgan fingerprint density at radius 1 is 1.35 bits per heavy atom. The van der Waals surface area contributed by atoms with Crippen LogP contribution in [0.15, 0.2) is 0 Å². The molecule has 0 radical (unpaired) electrons. The molecular formula is C16H30N2O2. The van der Waals surface area contributed by atoms with E-state index in [0.717, 1.165) is 45.6 Å².